The molecule has 0 amide bonds. The summed E-state index contributed by atoms with van der Waals surface area (Å²) in [6.07, 6.45) is 0. The van der Waals surface area contributed by atoms with Crippen molar-refractivity contribution in [2.45, 2.75) is 0 Å². The molecule has 3 rings (SSSR count). The van der Waals surface area contributed by atoms with Gasteiger partial charge in [-0.05, 0) is 23.3 Å². The topological polar surface area (TPSA) is 57.5 Å². The van der Waals surface area contributed by atoms with E-state index in [0.717, 1.165) is 11.1 Å². The van der Waals surface area contributed by atoms with Gasteiger partial charge in [0.1, 0.15) is 17.1 Å². The largest absolute Gasteiger partial charge is 0.507 e. The highest BCUT2D eigenvalue weighted by Gasteiger charge is 2.20. The molecule has 0 saturated carbocycles. The monoisotopic (exact) mass is 290 g/mol. The van der Waals surface area contributed by atoms with E-state index in [-0.39, 0.29) is 17.1 Å². The Hall–Kier alpha value is -3.07. The lowest BCUT2D eigenvalue weighted by molar-refractivity contribution is 0.103. The maximum atomic E-state index is 12.8. The fourth-order valence-corrected chi connectivity index (χ4v) is 2.45. The van der Waals surface area contributed by atoms with Gasteiger partial charge >= 0.3 is 0 Å². The Labute approximate surface area is 128 Å². The Morgan fingerprint density at radius 3 is 1.95 bits per heavy atom. The maximum Gasteiger partial charge on any atom is 0.201 e. The van der Waals surface area contributed by atoms with Crippen LogP contribution in [0.2, 0.25) is 0 Å². The highest BCUT2D eigenvalue weighted by Crippen LogP contribution is 2.32. The maximum absolute atomic E-state index is 12.8. The Morgan fingerprint density at radius 1 is 0.682 bits per heavy atom. The summed E-state index contributed by atoms with van der Waals surface area (Å²) in [5.41, 5.74) is 2.02. The molecule has 0 bridgehead atoms. The van der Waals surface area contributed by atoms with Gasteiger partial charge in [0.05, 0.1) is 0 Å². The molecule has 108 valence electrons. The molecule has 22 heavy (non-hydrogen) atoms. The van der Waals surface area contributed by atoms with E-state index in [1.54, 1.807) is 12.1 Å². The van der Waals surface area contributed by atoms with Gasteiger partial charge in [0.25, 0.3) is 0 Å². The lowest BCUT2D eigenvalue weighted by Gasteiger charge is -2.11. The van der Waals surface area contributed by atoms with Crippen molar-refractivity contribution in [3.05, 3.63) is 83.9 Å². The Kier molecular flexibility index (Phi) is 3.62. The van der Waals surface area contributed by atoms with Crippen molar-refractivity contribution in [1.82, 2.24) is 0 Å². The summed E-state index contributed by atoms with van der Waals surface area (Å²) in [6.45, 7) is 0. The molecule has 3 heteroatoms. The number of phenolic OH excluding ortho intramolecular Hbond substituents is 2. The van der Waals surface area contributed by atoms with E-state index in [1.165, 1.54) is 18.2 Å². The van der Waals surface area contributed by atoms with E-state index in [1.807, 2.05) is 42.5 Å². The van der Waals surface area contributed by atoms with Crippen LogP contribution in [-0.2, 0) is 0 Å². The first-order chi connectivity index (χ1) is 10.7. The van der Waals surface area contributed by atoms with Crippen LogP contribution in [0.1, 0.15) is 15.9 Å². The van der Waals surface area contributed by atoms with Crippen LogP contribution in [0.5, 0.6) is 11.5 Å². The molecular formula is C19H14O3. The Morgan fingerprint density at radius 2 is 1.27 bits per heavy atom. The van der Waals surface area contributed by atoms with Crippen molar-refractivity contribution in [3.63, 3.8) is 0 Å². The van der Waals surface area contributed by atoms with Gasteiger partial charge in [-0.15, -0.1) is 0 Å². The minimum Gasteiger partial charge on any atom is -0.507 e. The number of carbonyl (C=O) groups excluding carboxylic acids is 1. The van der Waals surface area contributed by atoms with Crippen LogP contribution in [0.15, 0.2) is 72.8 Å². The molecule has 0 heterocycles. The SMILES string of the molecule is O=C(c1ccccc1-c1ccccc1)c1c(O)cccc1O. The van der Waals surface area contributed by atoms with Gasteiger partial charge in [0.15, 0.2) is 0 Å². The van der Waals surface area contributed by atoms with Crippen LogP contribution in [0.3, 0.4) is 0 Å². The number of aromatic hydroxyl groups is 2. The molecule has 0 aliphatic rings. The van der Waals surface area contributed by atoms with E-state index in [4.69, 9.17) is 0 Å². The molecule has 0 fully saturated rings. The number of hydrogen-bond donors (Lipinski definition) is 2. The Bertz CT molecular complexity index is 803. The predicted octanol–water partition coefficient (Wildman–Crippen LogP) is 4.00. The molecule has 2 N–H and O–H groups in total. The van der Waals surface area contributed by atoms with E-state index in [9.17, 15) is 15.0 Å². The highest BCUT2D eigenvalue weighted by molar-refractivity contribution is 6.15. The average Bonchev–Trinajstić information content (AvgIpc) is 2.55. The molecule has 3 aromatic rings. The summed E-state index contributed by atoms with van der Waals surface area (Å²) in [6, 6.07) is 20.9. The van der Waals surface area contributed by atoms with Crippen LogP contribution >= 0.6 is 0 Å². The normalized spacial score (nSPS) is 10.4. The van der Waals surface area contributed by atoms with E-state index < -0.39 is 5.78 Å². The third-order valence-electron chi connectivity index (χ3n) is 3.50. The lowest BCUT2D eigenvalue weighted by atomic mass is 9.93. The van der Waals surface area contributed by atoms with Gasteiger partial charge in [-0.3, -0.25) is 4.79 Å². The van der Waals surface area contributed by atoms with Crippen molar-refractivity contribution in [2.75, 3.05) is 0 Å². The first-order valence-electron chi connectivity index (χ1n) is 6.88. The average molecular weight is 290 g/mol. The van der Waals surface area contributed by atoms with Gasteiger partial charge < -0.3 is 10.2 Å². The van der Waals surface area contributed by atoms with Crippen molar-refractivity contribution in [2.24, 2.45) is 0 Å². The zero-order chi connectivity index (χ0) is 15.5. The number of hydrogen-bond acceptors (Lipinski definition) is 3. The predicted molar refractivity (Wildman–Crippen MR) is 85.1 cm³/mol. The summed E-state index contributed by atoms with van der Waals surface area (Å²) < 4.78 is 0. The molecule has 0 unspecified atom stereocenters. The van der Waals surface area contributed by atoms with Crippen LogP contribution in [0.25, 0.3) is 11.1 Å². The quantitative estimate of drug-likeness (QED) is 0.717. The molecule has 0 spiro atoms. The zero-order valence-electron chi connectivity index (χ0n) is 11.7. The third kappa shape index (κ3) is 2.44. The van der Waals surface area contributed by atoms with Crippen molar-refractivity contribution < 1.29 is 15.0 Å². The van der Waals surface area contributed by atoms with Gasteiger partial charge in [-0.25, -0.2) is 0 Å². The van der Waals surface area contributed by atoms with E-state index >= 15 is 0 Å². The lowest BCUT2D eigenvalue weighted by Crippen LogP contribution is -2.04. The summed E-state index contributed by atoms with van der Waals surface area (Å²) in [5, 5.41) is 19.8. The number of ketones is 1. The van der Waals surface area contributed by atoms with Crippen molar-refractivity contribution >= 4 is 5.78 Å². The summed E-state index contributed by atoms with van der Waals surface area (Å²) in [5.74, 6) is -0.865. The van der Waals surface area contributed by atoms with E-state index in [0.29, 0.717) is 5.56 Å². The minimum atomic E-state index is -0.407. The molecule has 0 aromatic heterocycles. The standard InChI is InChI=1S/C19H14O3/c20-16-11-6-12-17(21)18(16)19(22)15-10-5-4-9-14(15)13-7-2-1-3-8-13/h1-12,20-21H. The summed E-state index contributed by atoms with van der Waals surface area (Å²) in [7, 11) is 0. The van der Waals surface area contributed by atoms with Crippen LogP contribution in [0, 0.1) is 0 Å². The Balaban J connectivity index is 2.16. The second kappa shape index (κ2) is 5.74. The fraction of sp³-hybridized carbons (Fsp3) is 0. The van der Waals surface area contributed by atoms with Crippen molar-refractivity contribution in [3.8, 4) is 22.6 Å². The molecule has 0 aliphatic carbocycles. The number of benzene rings is 3. The van der Waals surface area contributed by atoms with Gasteiger partial charge in [0, 0.05) is 5.56 Å². The molecule has 3 aromatic carbocycles. The molecule has 0 radical (unpaired) electrons. The number of carbonyl (C=O) groups is 1. The molecule has 0 saturated heterocycles. The van der Waals surface area contributed by atoms with Gasteiger partial charge in [-0.2, -0.15) is 0 Å². The second-order valence-corrected chi connectivity index (χ2v) is 4.91. The molecular weight excluding hydrogens is 276 g/mol. The second-order valence-electron chi connectivity index (χ2n) is 4.91. The van der Waals surface area contributed by atoms with Gasteiger partial charge in [-0.1, -0.05) is 60.7 Å². The molecule has 0 atom stereocenters. The van der Waals surface area contributed by atoms with Crippen LogP contribution < -0.4 is 0 Å². The molecule has 3 nitrogen and oxygen atoms in total. The van der Waals surface area contributed by atoms with Crippen LogP contribution in [0.4, 0.5) is 0 Å². The zero-order valence-corrected chi connectivity index (χ0v) is 11.7. The number of phenols is 2. The summed E-state index contributed by atoms with van der Waals surface area (Å²) >= 11 is 0. The van der Waals surface area contributed by atoms with Crippen LogP contribution in [-0.4, -0.2) is 16.0 Å². The first kappa shape index (κ1) is 13.9. The smallest absolute Gasteiger partial charge is 0.201 e. The first-order valence-corrected chi connectivity index (χ1v) is 6.88. The number of rotatable bonds is 3. The van der Waals surface area contributed by atoms with Crippen molar-refractivity contribution in [1.29, 1.82) is 0 Å². The minimum absolute atomic E-state index is 0.0779. The van der Waals surface area contributed by atoms with Gasteiger partial charge in [0.2, 0.25) is 5.78 Å². The van der Waals surface area contributed by atoms with E-state index in [2.05, 4.69) is 0 Å². The highest BCUT2D eigenvalue weighted by atomic mass is 16.3. The molecule has 0 aliphatic heterocycles. The third-order valence-corrected chi connectivity index (χ3v) is 3.50. The summed E-state index contributed by atoms with van der Waals surface area (Å²) in [4.78, 5) is 12.8. The fourth-order valence-electron chi connectivity index (χ4n) is 2.45.